The van der Waals surface area contributed by atoms with E-state index >= 15 is 0 Å². The second-order valence-electron chi connectivity index (χ2n) is 5.74. The number of ether oxygens (including phenoxy) is 1. The first-order chi connectivity index (χ1) is 12.4. The SMILES string of the molecule is COc1cc(O)c(C(=O)c2ccc(C)cc2)cc1N(CCCN)[SH](=O)=O. The highest BCUT2D eigenvalue weighted by Gasteiger charge is 2.21. The third kappa shape index (κ3) is 4.33. The maximum atomic E-state index is 12.7. The van der Waals surface area contributed by atoms with Gasteiger partial charge in [-0.05, 0) is 26.0 Å². The fourth-order valence-electron chi connectivity index (χ4n) is 2.50. The summed E-state index contributed by atoms with van der Waals surface area (Å²) in [5.41, 5.74) is 7.04. The molecule has 0 aliphatic heterocycles. The van der Waals surface area contributed by atoms with Crippen molar-refractivity contribution in [2.75, 3.05) is 24.5 Å². The molecule has 0 saturated heterocycles. The van der Waals surface area contributed by atoms with Gasteiger partial charge in [0, 0.05) is 18.2 Å². The number of aromatic hydroxyl groups is 1. The van der Waals surface area contributed by atoms with Crippen molar-refractivity contribution in [3.63, 3.8) is 0 Å². The molecule has 0 radical (unpaired) electrons. The molecular formula is C18H22N2O5S. The van der Waals surface area contributed by atoms with E-state index in [4.69, 9.17) is 10.5 Å². The van der Waals surface area contributed by atoms with Crippen LogP contribution in [0.2, 0.25) is 0 Å². The van der Waals surface area contributed by atoms with Crippen molar-refractivity contribution in [3.05, 3.63) is 53.1 Å². The Labute approximate surface area is 154 Å². The normalized spacial score (nSPS) is 10.8. The van der Waals surface area contributed by atoms with Crippen molar-refractivity contribution in [3.8, 4) is 11.5 Å². The van der Waals surface area contributed by atoms with Crippen LogP contribution >= 0.6 is 0 Å². The van der Waals surface area contributed by atoms with Crippen molar-refractivity contribution in [1.29, 1.82) is 0 Å². The summed E-state index contributed by atoms with van der Waals surface area (Å²) in [6.45, 7) is 2.36. The van der Waals surface area contributed by atoms with Crippen molar-refractivity contribution in [1.82, 2.24) is 0 Å². The highest BCUT2D eigenvalue weighted by molar-refractivity contribution is 7.74. The molecule has 2 rings (SSSR count). The van der Waals surface area contributed by atoms with Crippen LogP contribution in [0.3, 0.4) is 0 Å². The molecule has 8 heteroatoms. The number of hydrogen-bond acceptors (Lipinski definition) is 6. The monoisotopic (exact) mass is 378 g/mol. The Balaban J connectivity index is 2.54. The number of anilines is 1. The number of hydrogen-bond donors (Lipinski definition) is 3. The molecule has 0 heterocycles. The van der Waals surface area contributed by atoms with Gasteiger partial charge in [-0.2, -0.15) is 0 Å². The van der Waals surface area contributed by atoms with E-state index in [0.717, 1.165) is 9.87 Å². The molecule has 0 atom stereocenters. The predicted molar refractivity (Wildman–Crippen MR) is 101 cm³/mol. The van der Waals surface area contributed by atoms with Gasteiger partial charge in [-0.25, -0.2) is 8.42 Å². The van der Waals surface area contributed by atoms with Gasteiger partial charge in [-0.3, -0.25) is 9.10 Å². The maximum absolute atomic E-state index is 12.7. The van der Waals surface area contributed by atoms with E-state index in [0.29, 0.717) is 18.5 Å². The predicted octanol–water partition coefficient (Wildman–Crippen LogP) is 1.62. The number of carbonyl (C=O) groups is 1. The Morgan fingerprint density at radius 1 is 1.23 bits per heavy atom. The Kier molecular flexibility index (Phi) is 6.59. The van der Waals surface area contributed by atoms with Crippen molar-refractivity contribution >= 4 is 22.4 Å². The first kappa shape index (κ1) is 19.7. The van der Waals surface area contributed by atoms with E-state index < -0.39 is 16.7 Å². The molecule has 0 fully saturated rings. The summed E-state index contributed by atoms with van der Waals surface area (Å²) >= 11 is 0. The summed E-state index contributed by atoms with van der Waals surface area (Å²) in [6.07, 6.45) is 0.439. The number of rotatable bonds is 8. The van der Waals surface area contributed by atoms with E-state index in [1.165, 1.54) is 19.2 Å². The molecule has 140 valence electrons. The molecule has 7 nitrogen and oxygen atoms in total. The molecule has 0 aliphatic rings. The minimum Gasteiger partial charge on any atom is -0.507 e. The number of nitrogens with zero attached hydrogens (tertiary/aromatic N) is 1. The zero-order valence-electron chi connectivity index (χ0n) is 14.6. The lowest BCUT2D eigenvalue weighted by atomic mass is 10.0. The first-order valence-corrected chi connectivity index (χ1v) is 9.16. The third-order valence-electron chi connectivity index (χ3n) is 3.90. The Morgan fingerprint density at radius 3 is 2.42 bits per heavy atom. The van der Waals surface area contributed by atoms with Crippen LogP contribution in [-0.4, -0.2) is 39.5 Å². The summed E-state index contributed by atoms with van der Waals surface area (Å²) in [4.78, 5) is 12.7. The van der Waals surface area contributed by atoms with Crippen LogP contribution in [0, 0.1) is 6.92 Å². The van der Waals surface area contributed by atoms with Crippen LogP contribution < -0.4 is 14.8 Å². The average molecular weight is 378 g/mol. The van der Waals surface area contributed by atoms with E-state index in [1.807, 2.05) is 6.92 Å². The van der Waals surface area contributed by atoms with Gasteiger partial charge in [-0.1, -0.05) is 29.8 Å². The van der Waals surface area contributed by atoms with Crippen LogP contribution in [-0.2, 0) is 10.9 Å². The lowest BCUT2D eigenvalue weighted by molar-refractivity contribution is 0.103. The standard InChI is InChI=1S/C18H22N2O5S/c1-12-4-6-13(7-5-12)18(22)14-10-15(17(25-2)11-16(14)21)20(26(23)24)9-3-8-19/h4-7,10-11,21,26H,3,8-9,19H2,1-2H3. The molecule has 0 saturated carbocycles. The van der Waals surface area contributed by atoms with Gasteiger partial charge in [0.25, 0.3) is 0 Å². The molecule has 0 aliphatic carbocycles. The minimum atomic E-state index is -2.97. The zero-order chi connectivity index (χ0) is 19.3. The fraction of sp³-hybridized carbons (Fsp3) is 0.278. The lowest BCUT2D eigenvalue weighted by Gasteiger charge is -2.21. The van der Waals surface area contributed by atoms with Gasteiger partial charge >= 0.3 is 0 Å². The molecular weight excluding hydrogens is 356 g/mol. The van der Waals surface area contributed by atoms with Crippen LogP contribution in [0.15, 0.2) is 36.4 Å². The number of thiol groups is 1. The molecule has 3 N–H and O–H groups in total. The molecule has 26 heavy (non-hydrogen) atoms. The average Bonchev–Trinajstić information content (AvgIpc) is 2.62. The lowest BCUT2D eigenvalue weighted by Crippen LogP contribution is -2.25. The molecule has 2 aromatic carbocycles. The fourth-order valence-corrected chi connectivity index (χ4v) is 3.13. The van der Waals surface area contributed by atoms with Crippen LogP contribution in [0.25, 0.3) is 0 Å². The van der Waals surface area contributed by atoms with Gasteiger partial charge in [0.15, 0.2) is 5.78 Å². The third-order valence-corrected chi connectivity index (χ3v) is 4.71. The molecule has 0 unspecified atom stereocenters. The van der Waals surface area contributed by atoms with Crippen LogP contribution in [0.5, 0.6) is 11.5 Å². The van der Waals surface area contributed by atoms with Gasteiger partial charge in [0.1, 0.15) is 11.5 Å². The second kappa shape index (κ2) is 8.68. The van der Waals surface area contributed by atoms with E-state index in [-0.39, 0.29) is 29.3 Å². The quantitative estimate of drug-likeness (QED) is 0.476. The largest absolute Gasteiger partial charge is 0.507 e. The molecule has 0 aromatic heterocycles. The van der Waals surface area contributed by atoms with Gasteiger partial charge in [0.2, 0.25) is 10.9 Å². The number of aryl methyl sites for hydroxylation is 1. The number of phenolic OH excluding ortho intramolecular Hbond substituents is 1. The highest BCUT2D eigenvalue weighted by atomic mass is 32.2. The number of nitrogens with two attached hydrogens (primary N) is 1. The number of phenols is 1. The smallest absolute Gasteiger partial charge is 0.225 e. The van der Waals surface area contributed by atoms with Gasteiger partial charge < -0.3 is 15.6 Å². The van der Waals surface area contributed by atoms with E-state index in [2.05, 4.69) is 0 Å². The molecule has 0 bridgehead atoms. The van der Waals surface area contributed by atoms with Gasteiger partial charge in [-0.15, -0.1) is 0 Å². The van der Waals surface area contributed by atoms with Crippen LogP contribution in [0.1, 0.15) is 27.9 Å². The molecule has 2 aromatic rings. The second-order valence-corrected chi connectivity index (χ2v) is 6.70. The summed E-state index contributed by atoms with van der Waals surface area (Å²) in [5.74, 6) is -0.540. The minimum absolute atomic E-state index is 0.000693. The number of carbonyl (C=O) groups excluding carboxylic acids is 1. The Hall–Kier alpha value is -2.58. The molecule has 0 spiro atoms. The zero-order valence-corrected chi connectivity index (χ0v) is 15.5. The maximum Gasteiger partial charge on any atom is 0.225 e. The summed E-state index contributed by atoms with van der Waals surface area (Å²) in [6, 6.07) is 9.46. The summed E-state index contributed by atoms with van der Waals surface area (Å²) < 4.78 is 29.6. The highest BCUT2D eigenvalue weighted by Crippen LogP contribution is 2.36. The Morgan fingerprint density at radius 2 is 1.88 bits per heavy atom. The first-order valence-electron chi connectivity index (χ1n) is 8.03. The summed E-state index contributed by atoms with van der Waals surface area (Å²) in [7, 11) is -1.61. The van der Waals surface area contributed by atoms with Crippen LogP contribution in [0.4, 0.5) is 5.69 Å². The van der Waals surface area contributed by atoms with E-state index in [1.54, 1.807) is 24.3 Å². The van der Waals surface area contributed by atoms with Crippen molar-refractivity contribution in [2.45, 2.75) is 13.3 Å². The van der Waals surface area contributed by atoms with Crippen molar-refractivity contribution in [2.24, 2.45) is 5.73 Å². The number of methoxy groups -OCH3 is 1. The van der Waals surface area contributed by atoms with Gasteiger partial charge in [0.05, 0.1) is 18.4 Å². The molecule has 0 amide bonds. The summed E-state index contributed by atoms with van der Waals surface area (Å²) in [5, 5.41) is 10.2. The van der Waals surface area contributed by atoms with Crippen molar-refractivity contribution < 1.29 is 23.1 Å². The Bertz CT molecular complexity index is 855. The number of ketones is 1. The van der Waals surface area contributed by atoms with E-state index in [9.17, 15) is 18.3 Å². The number of benzene rings is 2. The topological polar surface area (TPSA) is 110 Å².